The molecule has 1 atom stereocenters. The minimum Gasteiger partial charge on any atom is -0.387 e. The van der Waals surface area contributed by atoms with Crippen molar-refractivity contribution in [2.45, 2.75) is 0 Å². The van der Waals surface area contributed by atoms with Crippen LogP contribution in [-0.2, 0) is 0 Å². The highest BCUT2D eigenvalue weighted by molar-refractivity contribution is 7.82. The lowest BCUT2D eigenvalue weighted by molar-refractivity contribution is 0.998. The Kier molecular flexibility index (Phi) is 4.34. The number of thiocarbonyl (C=S) groups is 1. The smallest absolute Gasteiger partial charge is 0.273 e. The molecule has 0 fully saturated rings. The summed E-state index contributed by atoms with van der Waals surface area (Å²) in [5.41, 5.74) is 9.37. The lowest BCUT2D eigenvalue weighted by Gasteiger charge is -2.17. The third-order valence-corrected chi connectivity index (χ3v) is 4.56. The first-order valence-corrected chi connectivity index (χ1v) is 8.62. The van der Waals surface area contributed by atoms with Gasteiger partial charge in [0, 0.05) is 5.02 Å². The molecule has 0 spiro atoms. The highest BCUT2D eigenvalue weighted by atomic mass is 35.5. The summed E-state index contributed by atoms with van der Waals surface area (Å²) < 4.78 is 0. The normalized spacial score (nSPS) is 19.2. The predicted octanol–water partition coefficient (Wildman–Crippen LogP) is -0.714. The van der Waals surface area contributed by atoms with Gasteiger partial charge in [0.25, 0.3) is 5.56 Å². The van der Waals surface area contributed by atoms with Gasteiger partial charge in [-0.15, -0.1) is 10.2 Å². The first-order valence-electron chi connectivity index (χ1n) is 7.84. The fraction of sp³-hybridized carbons (Fsp3) is 0.0625. The van der Waals surface area contributed by atoms with Crippen molar-refractivity contribution in [3.63, 3.8) is 0 Å². The molecule has 2 aliphatic rings. The maximum atomic E-state index is 12.4. The van der Waals surface area contributed by atoms with Crippen molar-refractivity contribution in [2.24, 2.45) is 31.9 Å². The number of nitrogens with zero attached hydrogens (tertiary/aromatic N) is 5. The second-order valence-electron chi connectivity index (χ2n) is 5.76. The van der Waals surface area contributed by atoms with Crippen molar-refractivity contribution < 1.29 is 0 Å². The molecule has 28 heavy (non-hydrogen) atoms. The number of nitrogens with two attached hydrogens (primary N) is 1. The Morgan fingerprint density at radius 2 is 2.07 bits per heavy atom. The Balaban J connectivity index is 1.95. The molecule has 138 valence electrons. The SMILES string of the molecule is N#C/C(=N\N=C1/NN=C2N=c3[nH][nH]c(=O)c3=C(c3ccc(Cl)cc3)C21)C(N)=S. The van der Waals surface area contributed by atoms with Crippen LogP contribution in [-0.4, -0.2) is 32.6 Å². The first kappa shape index (κ1) is 17.8. The molecule has 3 heterocycles. The Morgan fingerprint density at radius 3 is 2.75 bits per heavy atom. The third-order valence-electron chi connectivity index (χ3n) is 4.11. The molecule has 0 aliphatic carbocycles. The molecule has 4 rings (SSSR count). The number of aromatic nitrogens is 2. The predicted molar refractivity (Wildman–Crippen MR) is 107 cm³/mol. The molecule has 1 aromatic carbocycles. The lowest BCUT2D eigenvalue weighted by Crippen LogP contribution is -2.44. The van der Waals surface area contributed by atoms with Crippen molar-refractivity contribution in [2.75, 3.05) is 0 Å². The van der Waals surface area contributed by atoms with E-state index in [4.69, 9.17) is 34.8 Å². The van der Waals surface area contributed by atoms with E-state index in [-0.39, 0.29) is 22.1 Å². The molecule has 0 saturated heterocycles. The summed E-state index contributed by atoms with van der Waals surface area (Å²) in [6.45, 7) is 0. The number of amidine groups is 2. The van der Waals surface area contributed by atoms with E-state index in [0.29, 0.717) is 27.1 Å². The van der Waals surface area contributed by atoms with Crippen LogP contribution < -0.4 is 27.4 Å². The summed E-state index contributed by atoms with van der Waals surface area (Å²) in [4.78, 5) is 16.6. The molecule has 2 aliphatic heterocycles. The van der Waals surface area contributed by atoms with Crippen molar-refractivity contribution in [3.8, 4) is 6.07 Å². The molecule has 0 radical (unpaired) electrons. The average Bonchev–Trinajstić information content (AvgIpc) is 3.25. The highest BCUT2D eigenvalue weighted by Crippen LogP contribution is 2.28. The number of H-pyrrole nitrogens is 2. The number of hydrazone groups is 1. The lowest BCUT2D eigenvalue weighted by atomic mass is 9.88. The molecule has 0 bridgehead atoms. The van der Waals surface area contributed by atoms with Crippen LogP contribution in [0, 0.1) is 17.2 Å². The van der Waals surface area contributed by atoms with Gasteiger partial charge in [-0.05, 0) is 23.3 Å². The molecule has 2 aromatic rings. The van der Waals surface area contributed by atoms with Crippen molar-refractivity contribution in [1.82, 2.24) is 15.6 Å². The van der Waals surface area contributed by atoms with E-state index in [2.05, 4.69) is 35.9 Å². The molecular formula is C16H10ClN9OS. The van der Waals surface area contributed by atoms with Crippen molar-refractivity contribution in [3.05, 3.63) is 55.9 Å². The van der Waals surface area contributed by atoms with Gasteiger partial charge in [-0.1, -0.05) is 36.0 Å². The topological polar surface area (TPSA) is 160 Å². The van der Waals surface area contributed by atoms with Crippen LogP contribution in [0.25, 0.3) is 5.57 Å². The van der Waals surface area contributed by atoms with Gasteiger partial charge in [-0.2, -0.15) is 10.4 Å². The number of benzene rings is 1. The molecule has 1 unspecified atom stereocenters. The molecule has 0 saturated carbocycles. The van der Waals surface area contributed by atoms with Gasteiger partial charge in [-0.25, -0.2) is 4.99 Å². The second kappa shape index (κ2) is 6.84. The second-order valence-corrected chi connectivity index (χ2v) is 6.64. The summed E-state index contributed by atoms with van der Waals surface area (Å²) in [6.07, 6.45) is 0. The van der Waals surface area contributed by atoms with Crippen LogP contribution in [0.1, 0.15) is 5.56 Å². The van der Waals surface area contributed by atoms with Crippen LogP contribution in [0.2, 0.25) is 5.02 Å². The molecule has 12 heteroatoms. The Hall–Kier alpha value is -3.62. The molecular weight excluding hydrogens is 402 g/mol. The zero-order chi connectivity index (χ0) is 19.8. The number of aromatic amines is 2. The summed E-state index contributed by atoms with van der Waals surface area (Å²) in [5.74, 6) is 0.0649. The van der Waals surface area contributed by atoms with E-state index >= 15 is 0 Å². The molecule has 5 N–H and O–H groups in total. The summed E-state index contributed by atoms with van der Waals surface area (Å²) in [5, 5.41) is 27.2. The zero-order valence-electron chi connectivity index (χ0n) is 13.9. The van der Waals surface area contributed by atoms with Crippen molar-refractivity contribution in [1.29, 1.82) is 5.26 Å². The van der Waals surface area contributed by atoms with E-state index in [1.807, 2.05) is 0 Å². The Labute approximate surface area is 166 Å². The minimum atomic E-state index is -0.597. The van der Waals surface area contributed by atoms with Gasteiger partial charge in [0.2, 0.25) is 0 Å². The maximum Gasteiger partial charge on any atom is 0.273 e. The zero-order valence-corrected chi connectivity index (χ0v) is 15.5. The maximum absolute atomic E-state index is 12.4. The van der Waals surface area contributed by atoms with Gasteiger partial charge >= 0.3 is 0 Å². The number of nitrogens with one attached hydrogen (secondary N) is 3. The fourth-order valence-electron chi connectivity index (χ4n) is 2.91. The van der Waals surface area contributed by atoms with Crippen LogP contribution >= 0.6 is 23.8 Å². The van der Waals surface area contributed by atoms with E-state index in [9.17, 15) is 4.79 Å². The van der Waals surface area contributed by atoms with E-state index in [1.54, 1.807) is 30.3 Å². The van der Waals surface area contributed by atoms with Crippen LogP contribution in [0.4, 0.5) is 0 Å². The Morgan fingerprint density at radius 1 is 1.32 bits per heavy atom. The third kappa shape index (κ3) is 2.90. The number of halogens is 1. The van der Waals surface area contributed by atoms with Gasteiger partial charge in [-0.3, -0.25) is 20.4 Å². The minimum absolute atomic E-state index is 0.175. The van der Waals surface area contributed by atoms with Gasteiger partial charge in [0.1, 0.15) is 17.0 Å². The molecule has 1 aromatic heterocycles. The molecule has 0 amide bonds. The number of hydrogen-bond donors (Lipinski definition) is 4. The van der Waals surface area contributed by atoms with Crippen LogP contribution in [0.3, 0.4) is 0 Å². The van der Waals surface area contributed by atoms with Crippen LogP contribution in [0.15, 0.2) is 49.4 Å². The monoisotopic (exact) mass is 411 g/mol. The Bertz CT molecular complexity index is 1310. The standard InChI is InChI=1S/C16H10ClN9OS/c17-7-3-1-6(2-4-7)9-10-13(20-14-11(9)16(27)26-23-14)22-25-15(10)24-21-8(5-18)12(19)28/h1-4,10H,(H2,19,28)(H,24,25)(H,26,27)(H,20,22,23)/b21-8+. The van der Waals surface area contributed by atoms with E-state index in [0.717, 1.165) is 5.56 Å². The summed E-state index contributed by atoms with van der Waals surface area (Å²) in [6, 6.07) is 8.77. The van der Waals surface area contributed by atoms with Crippen molar-refractivity contribution >= 4 is 51.8 Å². The van der Waals surface area contributed by atoms with Gasteiger partial charge < -0.3 is 5.73 Å². The average molecular weight is 412 g/mol. The van der Waals surface area contributed by atoms with E-state index < -0.39 is 5.92 Å². The summed E-state index contributed by atoms with van der Waals surface area (Å²) in [7, 11) is 0. The van der Waals surface area contributed by atoms with Gasteiger partial charge in [0.15, 0.2) is 22.9 Å². The molecule has 10 nitrogen and oxygen atoms in total. The quantitative estimate of drug-likeness (QED) is 0.297. The van der Waals surface area contributed by atoms with Crippen LogP contribution in [0.5, 0.6) is 0 Å². The highest BCUT2D eigenvalue weighted by Gasteiger charge is 2.36. The number of fused-ring (bicyclic) bond motifs is 2. The van der Waals surface area contributed by atoms with Gasteiger partial charge in [0.05, 0.1) is 5.22 Å². The fourth-order valence-corrected chi connectivity index (χ4v) is 3.13. The first-order chi connectivity index (χ1) is 13.5. The summed E-state index contributed by atoms with van der Waals surface area (Å²) >= 11 is 10.8. The largest absolute Gasteiger partial charge is 0.387 e. The number of hydrogen-bond acceptors (Lipinski definition) is 7. The van der Waals surface area contributed by atoms with E-state index in [1.165, 1.54) is 0 Å². The number of nitriles is 1. The number of rotatable bonds is 3.